The van der Waals surface area contributed by atoms with E-state index in [0.29, 0.717) is 25.2 Å². The van der Waals surface area contributed by atoms with Crippen LogP contribution in [0.5, 0.6) is 0 Å². The number of rotatable bonds is 5. The third kappa shape index (κ3) is 3.70. The molecule has 18 heavy (non-hydrogen) atoms. The Hall–Kier alpha value is -1.10. The van der Waals surface area contributed by atoms with E-state index in [2.05, 4.69) is 5.32 Å². The van der Waals surface area contributed by atoms with Gasteiger partial charge in [0, 0.05) is 0 Å². The fourth-order valence-electron chi connectivity index (χ4n) is 2.49. The predicted octanol–water partition coefficient (Wildman–Crippen LogP) is 1.26. The molecule has 0 aliphatic heterocycles. The molecule has 0 aromatic heterocycles. The second kappa shape index (κ2) is 6.18. The van der Waals surface area contributed by atoms with Gasteiger partial charge in [-0.1, -0.05) is 33.1 Å². The highest BCUT2D eigenvalue weighted by Crippen LogP contribution is 2.28. The second-order valence-electron chi connectivity index (χ2n) is 5.67. The minimum atomic E-state index is -1.09. The van der Waals surface area contributed by atoms with Gasteiger partial charge in [-0.15, -0.1) is 0 Å². The molecule has 0 saturated heterocycles. The first-order chi connectivity index (χ1) is 8.37. The number of hydrogen-bond donors (Lipinski definition) is 3. The van der Waals surface area contributed by atoms with Gasteiger partial charge in [-0.3, -0.25) is 4.79 Å². The van der Waals surface area contributed by atoms with Crippen molar-refractivity contribution in [2.24, 2.45) is 11.7 Å². The van der Waals surface area contributed by atoms with Gasteiger partial charge >= 0.3 is 5.97 Å². The fourth-order valence-corrected chi connectivity index (χ4v) is 2.49. The van der Waals surface area contributed by atoms with Gasteiger partial charge < -0.3 is 16.2 Å². The van der Waals surface area contributed by atoms with Gasteiger partial charge in [-0.05, 0) is 25.2 Å². The Morgan fingerprint density at radius 2 is 1.83 bits per heavy atom. The van der Waals surface area contributed by atoms with Crippen molar-refractivity contribution in [1.82, 2.24) is 5.32 Å². The van der Waals surface area contributed by atoms with Gasteiger partial charge in [0.05, 0.1) is 6.04 Å². The molecule has 1 atom stereocenters. The van der Waals surface area contributed by atoms with Crippen molar-refractivity contribution < 1.29 is 14.7 Å². The fraction of sp³-hybridized carbons (Fsp3) is 0.846. The third-order valence-electron chi connectivity index (χ3n) is 3.54. The summed E-state index contributed by atoms with van der Waals surface area (Å²) in [4.78, 5) is 23.4. The van der Waals surface area contributed by atoms with E-state index in [4.69, 9.17) is 5.73 Å². The highest BCUT2D eigenvalue weighted by molar-refractivity contribution is 5.89. The van der Waals surface area contributed by atoms with Crippen LogP contribution < -0.4 is 11.1 Å². The highest BCUT2D eigenvalue weighted by Gasteiger charge is 2.41. The summed E-state index contributed by atoms with van der Waals surface area (Å²) in [7, 11) is 0. The van der Waals surface area contributed by atoms with Crippen LogP contribution in [0.15, 0.2) is 0 Å². The first kappa shape index (κ1) is 15.0. The van der Waals surface area contributed by atoms with Crippen molar-refractivity contribution in [3.63, 3.8) is 0 Å². The van der Waals surface area contributed by atoms with E-state index in [-0.39, 0.29) is 5.91 Å². The van der Waals surface area contributed by atoms with E-state index in [0.717, 1.165) is 19.3 Å². The lowest BCUT2D eigenvalue weighted by molar-refractivity contribution is -0.149. The lowest BCUT2D eigenvalue weighted by atomic mass is 9.81. The van der Waals surface area contributed by atoms with Gasteiger partial charge in [0.25, 0.3) is 0 Å². The smallest absolute Gasteiger partial charge is 0.329 e. The first-order valence-electron chi connectivity index (χ1n) is 6.68. The van der Waals surface area contributed by atoms with E-state index >= 15 is 0 Å². The summed E-state index contributed by atoms with van der Waals surface area (Å²) in [6.07, 6.45) is 4.29. The minimum Gasteiger partial charge on any atom is -0.480 e. The summed E-state index contributed by atoms with van der Waals surface area (Å²) in [6, 6.07) is -0.622. The van der Waals surface area contributed by atoms with Gasteiger partial charge in [-0.2, -0.15) is 0 Å². The van der Waals surface area contributed by atoms with Crippen LogP contribution >= 0.6 is 0 Å². The number of carboxylic acid groups (broad SMARTS) is 1. The summed E-state index contributed by atoms with van der Waals surface area (Å²) < 4.78 is 0. The molecule has 1 amide bonds. The Morgan fingerprint density at radius 3 is 2.28 bits per heavy atom. The molecule has 0 unspecified atom stereocenters. The van der Waals surface area contributed by atoms with Crippen molar-refractivity contribution in [2.75, 3.05) is 0 Å². The molecule has 0 spiro atoms. The molecule has 104 valence electrons. The zero-order valence-electron chi connectivity index (χ0n) is 11.2. The number of carboxylic acids is 1. The zero-order chi connectivity index (χ0) is 13.8. The van der Waals surface area contributed by atoms with Crippen LogP contribution in [0.1, 0.15) is 52.4 Å². The molecule has 5 nitrogen and oxygen atoms in total. The summed E-state index contributed by atoms with van der Waals surface area (Å²) in [5, 5.41) is 12.0. The molecule has 1 fully saturated rings. The molecule has 1 rings (SSSR count). The number of carbonyl (C=O) groups excluding carboxylic acids is 1. The van der Waals surface area contributed by atoms with E-state index in [9.17, 15) is 14.7 Å². The first-order valence-corrected chi connectivity index (χ1v) is 6.68. The SMILES string of the molecule is CC(C)C[C@H](N)C(=O)NC1(C(=O)O)CCCCC1. The van der Waals surface area contributed by atoms with Gasteiger partial charge in [-0.25, -0.2) is 4.79 Å². The van der Waals surface area contributed by atoms with Gasteiger partial charge in [0.2, 0.25) is 5.91 Å². The van der Waals surface area contributed by atoms with Crippen LogP contribution in [0, 0.1) is 5.92 Å². The average molecular weight is 256 g/mol. The van der Waals surface area contributed by atoms with E-state index in [1.54, 1.807) is 0 Å². The molecule has 1 aliphatic rings. The Bertz CT molecular complexity index is 309. The monoisotopic (exact) mass is 256 g/mol. The second-order valence-corrected chi connectivity index (χ2v) is 5.67. The van der Waals surface area contributed by atoms with Crippen molar-refractivity contribution in [3.8, 4) is 0 Å². The van der Waals surface area contributed by atoms with Crippen LogP contribution in [-0.2, 0) is 9.59 Å². The van der Waals surface area contributed by atoms with E-state index < -0.39 is 17.6 Å². The topological polar surface area (TPSA) is 92.4 Å². The minimum absolute atomic E-state index is 0.317. The molecule has 0 aromatic carbocycles. The number of nitrogens with one attached hydrogen (secondary N) is 1. The lowest BCUT2D eigenvalue weighted by Crippen LogP contribution is -2.59. The summed E-state index contributed by atoms with van der Waals surface area (Å²) >= 11 is 0. The third-order valence-corrected chi connectivity index (χ3v) is 3.54. The van der Waals surface area contributed by atoms with Crippen molar-refractivity contribution in [3.05, 3.63) is 0 Å². The lowest BCUT2D eigenvalue weighted by Gasteiger charge is -2.34. The molecule has 0 heterocycles. The van der Waals surface area contributed by atoms with Gasteiger partial charge in [0.1, 0.15) is 5.54 Å². The Labute approximate surface area is 108 Å². The maximum absolute atomic E-state index is 12.0. The molecule has 0 bridgehead atoms. The van der Waals surface area contributed by atoms with Crippen molar-refractivity contribution in [2.45, 2.75) is 64.0 Å². The van der Waals surface area contributed by atoms with Crippen LogP contribution in [0.2, 0.25) is 0 Å². The van der Waals surface area contributed by atoms with Crippen LogP contribution in [0.25, 0.3) is 0 Å². The van der Waals surface area contributed by atoms with Gasteiger partial charge in [0.15, 0.2) is 0 Å². The predicted molar refractivity (Wildman–Crippen MR) is 69.0 cm³/mol. The molecule has 0 radical (unpaired) electrons. The van der Waals surface area contributed by atoms with Crippen LogP contribution in [0.3, 0.4) is 0 Å². The molecule has 4 N–H and O–H groups in total. The molecule has 1 saturated carbocycles. The normalized spacial score (nSPS) is 20.4. The maximum atomic E-state index is 12.0. The van der Waals surface area contributed by atoms with Crippen molar-refractivity contribution in [1.29, 1.82) is 0 Å². The summed E-state index contributed by atoms with van der Waals surface area (Å²) in [5.74, 6) is -0.960. The van der Waals surface area contributed by atoms with Crippen LogP contribution in [0.4, 0.5) is 0 Å². The molecular weight excluding hydrogens is 232 g/mol. The van der Waals surface area contributed by atoms with Crippen molar-refractivity contribution >= 4 is 11.9 Å². The number of aliphatic carboxylic acids is 1. The average Bonchev–Trinajstić information content (AvgIpc) is 2.29. The molecule has 0 aromatic rings. The molecular formula is C13H24N2O3. The van der Waals surface area contributed by atoms with E-state index in [1.807, 2.05) is 13.8 Å². The zero-order valence-corrected chi connectivity index (χ0v) is 11.2. The summed E-state index contributed by atoms with van der Waals surface area (Å²) in [6.45, 7) is 3.97. The highest BCUT2D eigenvalue weighted by atomic mass is 16.4. The Balaban J connectivity index is 2.66. The standard InChI is InChI=1S/C13H24N2O3/c1-9(2)8-10(14)11(16)15-13(12(17)18)6-4-3-5-7-13/h9-10H,3-8,14H2,1-2H3,(H,15,16)(H,17,18)/t10-/m0/s1. The largest absolute Gasteiger partial charge is 0.480 e. The number of nitrogens with two attached hydrogens (primary N) is 1. The quantitative estimate of drug-likeness (QED) is 0.690. The maximum Gasteiger partial charge on any atom is 0.329 e. The Morgan fingerprint density at radius 1 is 1.28 bits per heavy atom. The molecule has 1 aliphatic carbocycles. The van der Waals surface area contributed by atoms with Crippen LogP contribution in [-0.4, -0.2) is 28.6 Å². The summed E-state index contributed by atoms with van der Waals surface area (Å²) in [5.41, 5.74) is 4.70. The number of carbonyl (C=O) groups is 2. The van der Waals surface area contributed by atoms with E-state index in [1.165, 1.54) is 0 Å². The Kier molecular flexibility index (Phi) is 5.14. The number of amides is 1. The molecule has 5 heteroatoms. The number of hydrogen-bond acceptors (Lipinski definition) is 3.